The molecule has 0 bridgehead atoms. The molecule has 5 heteroatoms. The highest BCUT2D eigenvalue weighted by molar-refractivity contribution is 6.28. The standard InChI is InChI=1S/C51H33N5/c1-5-18-34(19-6-1)38-26-17-27-39(32-38)55-42-30-15-13-28-40(42)47-44(55)33-45-48(46(47)35-20-7-2-8-21-35)41-29-14-16-31-43(41)56(45)51-53-49(36-22-9-3-10-23-36)52-50(54-51)37-24-11-4-12-25-37/h1-33H. The third-order valence-electron chi connectivity index (χ3n) is 10.8. The molecule has 0 fully saturated rings. The van der Waals surface area contributed by atoms with E-state index in [1.54, 1.807) is 0 Å². The van der Waals surface area contributed by atoms with E-state index >= 15 is 0 Å². The summed E-state index contributed by atoms with van der Waals surface area (Å²) in [4.78, 5) is 15.5. The fourth-order valence-electron chi connectivity index (χ4n) is 8.31. The Morgan fingerprint density at radius 3 is 1.32 bits per heavy atom. The number of rotatable bonds is 6. The molecular weight excluding hydrogens is 683 g/mol. The molecule has 0 radical (unpaired) electrons. The number of aromatic nitrogens is 5. The SMILES string of the molecule is c1ccc(-c2cccc(-n3c4ccccc4c4c(-c5ccccc5)c5c6ccccc6n(-c6nc(-c7ccccc7)nc(-c7ccccc7)n6)c5cc43)c2)cc1. The van der Waals surface area contributed by atoms with E-state index in [2.05, 4.69) is 173 Å². The zero-order valence-corrected chi connectivity index (χ0v) is 30.3. The monoisotopic (exact) mass is 715 g/mol. The summed E-state index contributed by atoms with van der Waals surface area (Å²) in [5, 5.41) is 4.69. The molecule has 0 atom stereocenters. The molecule has 0 aliphatic rings. The predicted molar refractivity (Wildman–Crippen MR) is 230 cm³/mol. The molecule has 0 spiro atoms. The Labute approximate surface area is 323 Å². The second-order valence-electron chi connectivity index (χ2n) is 14.0. The van der Waals surface area contributed by atoms with Crippen molar-refractivity contribution in [1.29, 1.82) is 0 Å². The fraction of sp³-hybridized carbons (Fsp3) is 0. The van der Waals surface area contributed by atoms with Crippen LogP contribution in [0.1, 0.15) is 0 Å². The quantitative estimate of drug-likeness (QED) is 0.172. The molecule has 0 amide bonds. The van der Waals surface area contributed by atoms with Crippen LogP contribution in [-0.2, 0) is 0 Å². The summed E-state index contributed by atoms with van der Waals surface area (Å²) in [6.07, 6.45) is 0. The lowest BCUT2D eigenvalue weighted by Crippen LogP contribution is -2.06. The number of nitrogens with zero attached hydrogens (tertiary/aromatic N) is 5. The Bertz CT molecular complexity index is 3160. The van der Waals surface area contributed by atoms with Crippen LogP contribution in [0.5, 0.6) is 0 Å². The predicted octanol–water partition coefficient (Wildman–Crippen LogP) is 12.7. The summed E-state index contributed by atoms with van der Waals surface area (Å²) in [7, 11) is 0. The normalized spacial score (nSPS) is 11.6. The Morgan fingerprint density at radius 1 is 0.304 bits per heavy atom. The summed E-state index contributed by atoms with van der Waals surface area (Å²) in [5.74, 6) is 1.81. The van der Waals surface area contributed by atoms with Gasteiger partial charge in [-0.25, -0.2) is 4.98 Å². The lowest BCUT2D eigenvalue weighted by Gasteiger charge is -2.14. The third-order valence-corrected chi connectivity index (χ3v) is 10.8. The van der Waals surface area contributed by atoms with Gasteiger partial charge in [0.05, 0.1) is 22.1 Å². The van der Waals surface area contributed by atoms with E-state index in [0.717, 1.165) is 55.2 Å². The van der Waals surface area contributed by atoms with Gasteiger partial charge < -0.3 is 4.57 Å². The number of benzene rings is 8. The average Bonchev–Trinajstić information content (AvgIpc) is 3.79. The number of fused-ring (bicyclic) bond motifs is 6. The molecule has 5 nitrogen and oxygen atoms in total. The minimum atomic E-state index is 0.566. The number of hydrogen-bond donors (Lipinski definition) is 0. The molecule has 11 aromatic rings. The summed E-state index contributed by atoms with van der Waals surface area (Å²) in [6.45, 7) is 0. The Kier molecular flexibility index (Phi) is 7.42. The van der Waals surface area contributed by atoms with E-state index in [-0.39, 0.29) is 0 Å². The first-order valence-corrected chi connectivity index (χ1v) is 18.9. The molecule has 3 aromatic heterocycles. The summed E-state index contributed by atoms with van der Waals surface area (Å²) in [5.41, 5.74) is 11.9. The van der Waals surface area contributed by atoms with Crippen LogP contribution in [0.25, 0.3) is 100 Å². The maximum Gasteiger partial charge on any atom is 0.238 e. The van der Waals surface area contributed by atoms with E-state index in [1.807, 2.05) is 36.4 Å². The second kappa shape index (κ2) is 13.0. The Balaban J connectivity index is 1.30. The molecule has 0 saturated heterocycles. The van der Waals surface area contributed by atoms with E-state index in [4.69, 9.17) is 15.0 Å². The molecule has 56 heavy (non-hydrogen) atoms. The van der Waals surface area contributed by atoms with Crippen LogP contribution in [0.4, 0.5) is 0 Å². The largest absolute Gasteiger partial charge is 0.309 e. The van der Waals surface area contributed by atoms with Crippen LogP contribution < -0.4 is 0 Å². The maximum absolute atomic E-state index is 5.26. The lowest BCUT2D eigenvalue weighted by atomic mass is 9.94. The maximum atomic E-state index is 5.26. The van der Waals surface area contributed by atoms with Gasteiger partial charge in [-0.15, -0.1) is 0 Å². The second-order valence-corrected chi connectivity index (χ2v) is 14.0. The van der Waals surface area contributed by atoms with Gasteiger partial charge in [0, 0.05) is 43.9 Å². The van der Waals surface area contributed by atoms with E-state index < -0.39 is 0 Å². The first kappa shape index (κ1) is 31.9. The molecule has 0 saturated carbocycles. The highest BCUT2D eigenvalue weighted by atomic mass is 15.2. The van der Waals surface area contributed by atoms with Gasteiger partial charge in [0.15, 0.2) is 11.6 Å². The van der Waals surface area contributed by atoms with Crippen molar-refractivity contribution in [1.82, 2.24) is 24.1 Å². The van der Waals surface area contributed by atoms with Crippen molar-refractivity contribution in [2.45, 2.75) is 0 Å². The summed E-state index contributed by atoms with van der Waals surface area (Å²) >= 11 is 0. The van der Waals surface area contributed by atoms with Crippen molar-refractivity contribution in [3.05, 3.63) is 200 Å². The molecule has 11 rings (SSSR count). The van der Waals surface area contributed by atoms with Crippen molar-refractivity contribution >= 4 is 43.6 Å². The van der Waals surface area contributed by atoms with E-state index in [0.29, 0.717) is 17.6 Å². The minimum Gasteiger partial charge on any atom is -0.309 e. The molecule has 0 aliphatic carbocycles. The first-order chi connectivity index (χ1) is 27.8. The van der Waals surface area contributed by atoms with Crippen molar-refractivity contribution < 1.29 is 0 Å². The third kappa shape index (κ3) is 5.13. The van der Waals surface area contributed by atoms with Gasteiger partial charge in [-0.3, -0.25) is 4.57 Å². The molecule has 8 aromatic carbocycles. The van der Waals surface area contributed by atoms with Gasteiger partial charge in [-0.2, -0.15) is 9.97 Å². The van der Waals surface area contributed by atoms with Crippen LogP contribution in [-0.4, -0.2) is 24.1 Å². The van der Waals surface area contributed by atoms with Crippen molar-refractivity contribution in [2.75, 3.05) is 0 Å². The van der Waals surface area contributed by atoms with Crippen LogP contribution in [0.3, 0.4) is 0 Å². The van der Waals surface area contributed by atoms with Gasteiger partial charge in [-0.05, 0) is 47.0 Å². The zero-order chi connectivity index (χ0) is 37.0. The molecule has 0 unspecified atom stereocenters. The fourth-order valence-corrected chi connectivity index (χ4v) is 8.31. The van der Waals surface area contributed by atoms with E-state index in [1.165, 1.54) is 27.5 Å². The zero-order valence-electron chi connectivity index (χ0n) is 30.3. The first-order valence-electron chi connectivity index (χ1n) is 18.9. The Morgan fingerprint density at radius 2 is 0.750 bits per heavy atom. The summed E-state index contributed by atoms with van der Waals surface area (Å²) in [6, 6.07) is 70.4. The molecular formula is C51H33N5. The van der Waals surface area contributed by atoms with Gasteiger partial charge in [-0.1, -0.05) is 170 Å². The van der Waals surface area contributed by atoms with Crippen LogP contribution in [0, 0.1) is 0 Å². The lowest BCUT2D eigenvalue weighted by molar-refractivity contribution is 0.953. The van der Waals surface area contributed by atoms with Crippen molar-refractivity contribution in [2.24, 2.45) is 0 Å². The molecule has 262 valence electrons. The van der Waals surface area contributed by atoms with Crippen LogP contribution in [0.2, 0.25) is 0 Å². The van der Waals surface area contributed by atoms with Gasteiger partial charge >= 0.3 is 0 Å². The van der Waals surface area contributed by atoms with Crippen molar-refractivity contribution in [3.8, 4) is 56.7 Å². The smallest absolute Gasteiger partial charge is 0.238 e. The highest BCUT2D eigenvalue weighted by Gasteiger charge is 2.25. The summed E-state index contributed by atoms with van der Waals surface area (Å²) < 4.78 is 4.66. The number of hydrogen-bond acceptors (Lipinski definition) is 3. The number of para-hydroxylation sites is 2. The van der Waals surface area contributed by atoms with Gasteiger partial charge in [0.25, 0.3) is 0 Å². The van der Waals surface area contributed by atoms with E-state index in [9.17, 15) is 0 Å². The molecule has 0 aliphatic heterocycles. The van der Waals surface area contributed by atoms with Gasteiger partial charge in [0.2, 0.25) is 5.95 Å². The molecule has 3 heterocycles. The van der Waals surface area contributed by atoms with Crippen molar-refractivity contribution in [3.63, 3.8) is 0 Å². The van der Waals surface area contributed by atoms with Crippen LogP contribution >= 0.6 is 0 Å². The average molecular weight is 716 g/mol. The van der Waals surface area contributed by atoms with Gasteiger partial charge in [0.1, 0.15) is 0 Å². The highest BCUT2D eigenvalue weighted by Crippen LogP contribution is 2.47. The van der Waals surface area contributed by atoms with Crippen LogP contribution in [0.15, 0.2) is 200 Å². The molecule has 0 N–H and O–H groups in total. The minimum absolute atomic E-state index is 0.566. The Hall–Kier alpha value is -7.63. The topological polar surface area (TPSA) is 48.5 Å².